The molecular weight excluding hydrogens is 661 g/mol. The second kappa shape index (κ2) is 38.7. The first-order valence-electron chi connectivity index (χ1n) is 23.2. The summed E-state index contributed by atoms with van der Waals surface area (Å²) in [6.45, 7) is 11.7. The van der Waals surface area contributed by atoms with Gasteiger partial charge in [-0.3, -0.25) is 5.73 Å². The van der Waals surface area contributed by atoms with Gasteiger partial charge < -0.3 is 20.1 Å². The summed E-state index contributed by atoms with van der Waals surface area (Å²) in [4.78, 5) is 26.8. The fourth-order valence-corrected chi connectivity index (χ4v) is 7.28. The van der Waals surface area contributed by atoms with Crippen LogP contribution in [0.3, 0.4) is 0 Å². The zero-order chi connectivity index (χ0) is 39.1. The molecule has 0 bridgehead atoms. The summed E-state index contributed by atoms with van der Waals surface area (Å²) >= 11 is 0. The molecular formula is C45H92N4O4. The van der Waals surface area contributed by atoms with Gasteiger partial charge in [0.2, 0.25) is 5.85 Å². The van der Waals surface area contributed by atoms with Crippen molar-refractivity contribution in [3.63, 3.8) is 0 Å². The topological polar surface area (TPSA) is 106 Å². The molecule has 2 amide bonds. The minimum absolute atomic E-state index is 0.469. The molecule has 4 N–H and O–H groups in total. The summed E-state index contributed by atoms with van der Waals surface area (Å²) in [6, 6.07) is 0. The third-order valence-corrected chi connectivity index (χ3v) is 10.6. The number of amides is 2. The Balaban J connectivity index is 3.90. The average Bonchev–Trinajstić information content (AvgIpc) is 3.12. The smallest absolute Gasteiger partial charge is 0.409 e. The number of nitrogens with zero attached hydrogens (tertiary/aromatic N) is 1. The van der Waals surface area contributed by atoms with Gasteiger partial charge in [-0.05, 0) is 26.2 Å². The molecule has 0 fully saturated rings. The highest BCUT2D eigenvalue weighted by atomic mass is 16.6. The maximum atomic E-state index is 12.6. The maximum absolute atomic E-state index is 12.6. The standard InChI is InChI=1S/C45H92N4O4/c1-6-9-11-13-15-17-19-21-23-25-27-29-31-33-35-37-39-47-43(50)52-42(4)49(41-8-3)45(5,46)53-44(51)48-40-38-36-34-32-30-28-26-24-22-20-18-16-14-12-10-7-2/h42H,6-41,46H2,1-5H3,(H,47,50)(H,48,51). The number of hydrogen-bond donors (Lipinski definition) is 3. The van der Waals surface area contributed by atoms with Crippen LogP contribution < -0.4 is 16.4 Å². The molecule has 0 heterocycles. The molecule has 316 valence electrons. The van der Waals surface area contributed by atoms with Crippen molar-refractivity contribution in [2.45, 2.75) is 259 Å². The Bertz CT molecular complexity index is 796. The monoisotopic (exact) mass is 753 g/mol. The van der Waals surface area contributed by atoms with Crippen molar-refractivity contribution < 1.29 is 19.1 Å². The molecule has 8 nitrogen and oxygen atoms in total. The summed E-state index contributed by atoms with van der Waals surface area (Å²) < 4.78 is 11.3. The van der Waals surface area contributed by atoms with Crippen molar-refractivity contribution in [2.24, 2.45) is 5.73 Å². The number of carbonyl (C=O) groups is 2. The molecule has 0 radical (unpaired) electrons. The molecule has 0 aromatic carbocycles. The van der Waals surface area contributed by atoms with E-state index in [1.165, 1.54) is 180 Å². The SMILES string of the molecule is CCCCCCCCCCCCCCCCCCNC(=O)OC(C)N(CCC)C(C)(N)OC(=O)NCCCCCCCCCCCCCCCCCC. The summed E-state index contributed by atoms with van der Waals surface area (Å²) in [5.74, 6) is -1.41. The first kappa shape index (κ1) is 51.5. The molecule has 0 saturated heterocycles. The summed E-state index contributed by atoms with van der Waals surface area (Å²) in [6.07, 6.45) is 41.4. The van der Waals surface area contributed by atoms with Gasteiger partial charge in [0.05, 0.1) is 0 Å². The Morgan fingerprint density at radius 3 is 1.08 bits per heavy atom. The molecule has 0 saturated carbocycles. The van der Waals surface area contributed by atoms with Crippen molar-refractivity contribution in [2.75, 3.05) is 19.6 Å². The van der Waals surface area contributed by atoms with Crippen molar-refractivity contribution in [1.82, 2.24) is 15.5 Å². The van der Waals surface area contributed by atoms with Crippen LogP contribution in [0.5, 0.6) is 0 Å². The number of carbonyl (C=O) groups excluding carboxylic acids is 2. The maximum Gasteiger partial charge on any atom is 0.409 e. The molecule has 2 atom stereocenters. The Morgan fingerprint density at radius 1 is 0.491 bits per heavy atom. The van der Waals surface area contributed by atoms with E-state index in [-0.39, 0.29) is 0 Å². The lowest BCUT2D eigenvalue weighted by molar-refractivity contribution is -0.158. The lowest BCUT2D eigenvalue weighted by Crippen LogP contribution is -2.61. The predicted molar refractivity (Wildman–Crippen MR) is 227 cm³/mol. The molecule has 0 aromatic heterocycles. The number of hydrogen-bond acceptors (Lipinski definition) is 6. The molecule has 0 aliphatic heterocycles. The van der Waals surface area contributed by atoms with E-state index in [4.69, 9.17) is 15.2 Å². The van der Waals surface area contributed by atoms with E-state index < -0.39 is 24.3 Å². The Kier molecular flexibility index (Phi) is 37.6. The van der Waals surface area contributed by atoms with Gasteiger partial charge in [0, 0.05) is 26.6 Å². The highest BCUT2D eigenvalue weighted by molar-refractivity contribution is 5.68. The molecule has 0 aromatic rings. The lowest BCUT2D eigenvalue weighted by atomic mass is 10.0. The Morgan fingerprint density at radius 2 is 0.774 bits per heavy atom. The average molecular weight is 753 g/mol. The van der Waals surface area contributed by atoms with Crippen molar-refractivity contribution in [3.8, 4) is 0 Å². The van der Waals surface area contributed by atoms with Crippen LogP contribution in [0.25, 0.3) is 0 Å². The van der Waals surface area contributed by atoms with Gasteiger partial charge in [-0.25, -0.2) is 14.5 Å². The van der Waals surface area contributed by atoms with Crippen LogP contribution in [0, 0.1) is 0 Å². The minimum atomic E-state index is -1.41. The zero-order valence-corrected chi connectivity index (χ0v) is 36.2. The largest absolute Gasteiger partial charge is 0.430 e. The quantitative estimate of drug-likeness (QED) is 0.0425. The third-order valence-electron chi connectivity index (χ3n) is 10.6. The van der Waals surface area contributed by atoms with Gasteiger partial charge in [-0.1, -0.05) is 213 Å². The number of nitrogens with one attached hydrogen (secondary N) is 2. The van der Waals surface area contributed by atoms with Crippen LogP contribution in [-0.2, 0) is 9.47 Å². The molecule has 0 spiro atoms. The second-order valence-corrected chi connectivity index (χ2v) is 16.1. The van der Waals surface area contributed by atoms with Gasteiger partial charge in [0.1, 0.15) is 0 Å². The minimum Gasteiger partial charge on any atom is -0.430 e. The van der Waals surface area contributed by atoms with Gasteiger partial charge in [0.25, 0.3) is 0 Å². The fraction of sp³-hybridized carbons (Fsp3) is 0.956. The second-order valence-electron chi connectivity index (χ2n) is 16.1. The zero-order valence-electron chi connectivity index (χ0n) is 36.2. The van der Waals surface area contributed by atoms with Gasteiger partial charge in [-0.15, -0.1) is 0 Å². The number of rotatable bonds is 40. The highest BCUT2D eigenvalue weighted by Crippen LogP contribution is 2.18. The molecule has 53 heavy (non-hydrogen) atoms. The van der Waals surface area contributed by atoms with Crippen molar-refractivity contribution >= 4 is 12.2 Å². The number of nitrogens with two attached hydrogens (primary N) is 1. The Labute approximate surface area is 330 Å². The lowest BCUT2D eigenvalue weighted by Gasteiger charge is -2.39. The van der Waals surface area contributed by atoms with Crippen molar-refractivity contribution in [1.29, 1.82) is 0 Å². The molecule has 0 aliphatic carbocycles. The fourth-order valence-electron chi connectivity index (χ4n) is 7.28. The van der Waals surface area contributed by atoms with E-state index >= 15 is 0 Å². The number of alkyl carbamates (subject to hydrolysis) is 2. The van der Waals surface area contributed by atoms with Crippen LogP contribution in [0.15, 0.2) is 0 Å². The van der Waals surface area contributed by atoms with E-state index in [1.807, 2.05) is 6.92 Å². The van der Waals surface area contributed by atoms with Crippen molar-refractivity contribution in [3.05, 3.63) is 0 Å². The molecule has 8 heteroatoms. The molecule has 0 aliphatic rings. The molecule has 0 rings (SSSR count). The Hall–Kier alpha value is -1.54. The van der Waals surface area contributed by atoms with Gasteiger partial charge in [0.15, 0.2) is 6.23 Å². The van der Waals surface area contributed by atoms with Gasteiger partial charge >= 0.3 is 12.2 Å². The van der Waals surface area contributed by atoms with Crippen LogP contribution in [0.2, 0.25) is 0 Å². The van der Waals surface area contributed by atoms with Crippen LogP contribution in [0.1, 0.15) is 247 Å². The van der Waals surface area contributed by atoms with E-state index in [0.29, 0.717) is 19.6 Å². The highest BCUT2D eigenvalue weighted by Gasteiger charge is 2.36. The van der Waals surface area contributed by atoms with Crippen LogP contribution in [-0.4, -0.2) is 48.8 Å². The van der Waals surface area contributed by atoms with Gasteiger partial charge in [-0.2, -0.15) is 0 Å². The third kappa shape index (κ3) is 34.7. The predicted octanol–water partition coefficient (Wildman–Crippen LogP) is 13.7. The van der Waals surface area contributed by atoms with Crippen LogP contribution in [0.4, 0.5) is 9.59 Å². The van der Waals surface area contributed by atoms with E-state index in [0.717, 1.165) is 32.1 Å². The summed E-state index contributed by atoms with van der Waals surface area (Å²) in [7, 11) is 0. The first-order chi connectivity index (χ1) is 25.8. The van der Waals surface area contributed by atoms with Crippen LogP contribution >= 0.6 is 0 Å². The number of unbranched alkanes of at least 4 members (excludes halogenated alkanes) is 30. The molecule has 2 unspecified atom stereocenters. The number of ether oxygens (including phenoxy) is 2. The van der Waals surface area contributed by atoms with E-state index in [2.05, 4.69) is 24.5 Å². The normalized spacial score (nSPS) is 13.2. The van der Waals surface area contributed by atoms with E-state index in [1.54, 1.807) is 18.7 Å². The summed E-state index contributed by atoms with van der Waals surface area (Å²) in [5, 5.41) is 5.73. The van der Waals surface area contributed by atoms with E-state index in [9.17, 15) is 9.59 Å². The first-order valence-corrected chi connectivity index (χ1v) is 23.2. The summed E-state index contributed by atoms with van der Waals surface area (Å²) in [5.41, 5.74) is 6.47.